The second-order valence-electron chi connectivity index (χ2n) is 5.64. The molecule has 0 aromatic heterocycles. The van der Waals surface area contributed by atoms with Crippen LogP contribution < -0.4 is 16.2 Å². The number of para-hydroxylation sites is 1. The highest BCUT2D eigenvalue weighted by atomic mass is 32.2. The molecule has 0 aliphatic heterocycles. The molecule has 0 aliphatic carbocycles. The van der Waals surface area contributed by atoms with Gasteiger partial charge in [0.05, 0.1) is 10.5 Å². The summed E-state index contributed by atoms with van der Waals surface area (Å²) >= 11 is 0. The van der Waals surface area contributed by atoms with Gasteiger partial charge < -0.3 is 15.8 Å². The number of sulfonamides is 1. The number of hydrogen-bond donors (Lipinski definition) is 3. The number of nitrogens with one attached hydrogen (secondary N) is 1. The molecule has 138 valence electrons. The smallest absolute Gasteiger partial charge is 0.341 e. The molecule has 0 saturated heterocycles. The molecule has 0 saturated carbocycles. The van der Waals surface area contributed by atoms with Gasteiger partial charge in [0.2, 0.25) is 10.0 Å². The SMILES string of the molecule is Cc1cccc(C(=O)O[C@H](C)C(=O)Nc2ccc(S(N)(=O)=O)cc2)c1N. The summed E-state index contributed by atoms with van der Waals surface area (Å²) in [6.45, 7) is 3.17. The van der Waals surface area contributed by atoms with E-state index in [4.69, 9.17) is 15.6 Å². The number of amides is 1. The molecule has 5 N–H and O–H groups in total. The molecular weight excluding hydrogens is 358 g/mol. The lowest BCUT2D eigenvalue weighted by Crippen LogP contribution is -2.30. The summed E-state index contributed by atoms with van der Waals surface area (Å²) in [5.41, 5.74) is 7.39. The van der Waals surface area contributed by atoms with Crippen molar-refractivity contribution in [1.82, 2.24) is 0 Å². The Hall–Kier alpha value is -2.91. The van der Waals surface area contributed by atoms with Gasteiger partial charge >= 0.3 is 5.97 Å². The molecule has 0 radical (unpaired) electrons. The molecule has 0 heterocycles. The minimum absolute atomic E-state index is 0.0788. The average Bonchev–Trinajstić information content (AvgIpc) is 2.56. The lowest BCUT2D eigenvalue weighted by Gasteiger charge is -2.15. The Balaban J connectivity index is 2.03. The summed E-state index contributed by atoms with van der Waals surface area (Å²) in [5, 5.41) is 7.53. The first-order valence-corrected chi connectivity index (χ1v) is 9.14. The minimum atomic E-state index is -3.81. The van der Waals surface area contributed by atoms with Gasteiger partial charge in [-0.2, -0.15) is 0 Å². The van der Waals surface area contributed by atoms with Crippen molar-refractivity contribution in [2.24, 2.45) is 5.14 Å². The molecule has 2 aromatic rings. The molecule has 2 aromatic carbocycles. The van der Waals surface area contributed by atoms with Gasteiger partial charge in [0, 0.05) is 11.4 Å². The molecule has 0 fully saturated rings. The van der Waals surface area contributed by atoms with Crippen LogP contribution in [0.5, 0.6) is 0 Å². The van der Waals surface area contributed by atoms with Crippen LogP contribution in [0.2, 0.25) is 0 Å². The van der Waals surface area contributed by atoms with Crippen molar-refractivity contribution in [3.63, 3.8) is 0 Å². The number of hydrogen-bond acceptors (Lipinski definition) is 6. The van der Waals surface area contributed by atoms with E-state index in [1.807, 2.05) is 0 Å². The Morgan fingerprint density at radius 1 is 1.12 bits per heavy atom. The van der Waals surface area contributed by atoms with Crippen molar-refractivity contribution < 1.29 is 22.7 Å². The van der Waals surface area contributed by atoms with Crippen LogP contribution in [0.4, 0.5) is 11.4 Å². The Labute approximate surface area is 151 Å². The zero-order valence-electron chi connectivity index (χ0n) is 14.2. The Bertz CT molecular complexity index is 939. The van der Waals surface area contributed by atoms with Gasteiger partial charge in [-0.25, -0.2) is 18.4 Å². The first-order chi connectivity index (χ1) is 12.1. The van der Waals surface area contributed by atoms with Crippen LogP contribution in [0, 0.1) is 6.92 Å². The van der Waals surface area contributed by atoms with Gasteiger partial charge in [-0.05, 0) is 49.7 Å². The van der Waals surface area contributed by atoms with Crippen LogP contribution in [0.3, 0.4) is 0 Å². The highest BCUT2D eigenvalue weighted by molar-refractivity contribution is 7.89. The van der Waals surface area contributed by atoms with Gasteiger partial charge in [-0.15, -0.1) is 0 Å². The van der Waals surface area contributed by atoms with Crippen molar-refractivity contribution in [1.29, 1.82) is 0 Å². The molecule has 2 rings (SSSR count). The third-order valence-electron chi connectivity index (χ3n) is 3.65. The Kier molecular flexibility index (Phi) is 5.63. The van der Waals surface area contributed by atoms with Crippen LogP contribution in [-0.4, -0.2) is 26.4 Å². The van der Waals surface area contributed by atoms with Crippen LogP contribution in [0.15, 0.2) is 47.4 Å². The number of anilines is 2. The fourth-order valence-corrected chi connectivity index (χ4v) is 2.62. The van der Waals surface area contributed by atoms with Crippen molar-refractivity contribution in [2.75, 3.05) is 11.1 Å². The van der Waals surface area contributed by atoms with Crippen LogP contribution in [0.25, 0.3) is 0 Å². The number of benzene rings is 2. The van der Waals surface area contributed by atoms with E-state index >= 15 is 0 Å². The summed E-state index contributed by atoms with van der Waals surface area (Å²) < 4.78 is 27.5. The maximum atomic E-state index is 12.2. The molecule has 9 heteroatoms. The number of carbonyl (C=O) groups is 2. The number of nitrogens with two attached hydrogens (primary N) is 2. The molecule has 1 atom stereocenters. The summed E-state index contributed by atoms with van der Waals surface area (Å²) in [6, 6.07) is 10.2. The van der Waals surface area contributed by atoms with E-state index in [2.05, 4.69) is 5.32 Å². The Morgan fingerprint density at radius 2 is 1.73 bits per heavy atom. The first kappa shape index (κ1) is 19.4. The highest BCUT2D eigenvalue weighted by Crippen LogP contribution is 2.18. The lowest BCUT2D eigenvalue weighted by atomic mass is 10.1. The van der Waals surface area contributed by atoms with Gasteiger partial charge in [0.1, 0.15) is 0 Å². The van der Waals surface area contributed by atoms with Crippen molar-refractivity contribution >= 4 is 33.3 Å². The van der Waals surface area contributed by atoms with Crippen LogP contribution >= 0.6 is 0 Å². The minimum Gasteiger partial charge on any atom is -0.449 e. The quantitative estimate of drug-likeness (QED) is 0.531. The van der Waals surface area contributed by atoms with E-state index in [0.29, 0.717) is 11.4 Å². The monoisotopic (exact) mass is 377 g/mol. The first-order valence-electron chi connectivity index (χ1n) is 7.59. The van der Waals surface area contributed by atoms with Crippen molar-refractivity contribution in [3.8, 4) is 0 Å². The van der Waals surface area contributed by atoms with E-state index in [1.165, 1.54) is 37.3 Å². The topological polar surface area (TPSA) is 142 Å². The third kappa shape index (κ3) is 4.58. The Morgan fingerprint density at radius 3 is 2.31 bits per heavy atom. The number of carbonyl (C=O) groups excluding carboxylic acids is 2. The van der Waals surface area contributed by atoms with Crippen LogP contribution in [-0.2, 0) is 19.6 Å². The zero-order chi connectivity index (χ0) is 19.5. The maximum Gasteiger partial charge on any atom is 0.341 e. The lowest BCUT2D eigenvalue weighted by molar-refractivity contribution is -0.123. The molecule has 8 nitrogen and oxygen atoms in total. The average molecular weight is 377 g/mol. The highest BCUT2D eigenvalue weighted by Gasteiger charge is 2.21. The van der Waals surface area contributed by atoms with Crippen LogP contribution in [0.1, 0.15) is 22.8 Å². The third-order valence-corrected chi connectivity index (χ3v) is 4.58. The van der Waals surface area contributed by atoms with Gasteiger partial charge in [0.15, 0.2) is 6.10 Å². The zero-order valence-corrected chi connectivity index (χ0v) is 15.0. The molecule has 0 bridgehead atoms. The van der Waals surface area contributed by atoms with E-state index in [-0.39, 0.29) is 10.5 Å². The molecule has 26 heavy (non-hydrogen) atoms. The predicted octanol–water partition coefficient (Wildman–Crippen LogP) is 1.41. The summed E-state index contributed by atoms with van der Waals surface area (Å²) in [6.07, 6.45) is -1.08. The summed E-state index contributed by atoms with van der Waals surface area (Å²) in [7, 11) is -3.81. The largest absolute Gasteiger partial charge is 0.449 e. The molecule has 0 spiro atoms. The van der Waals surface area contributed by atoms with E-state index < -0.39 is 28.0 Å². The fourth-order valence-electron chi connectivity index (χ4n) is 2.11. The molecule has 1 amide bonds. The second kappa shape index (κ2) is 7.54. The van der Waals surface area contributed by atoms with Crippen molar-refractivity contribution in [2.45, 2.75) is 24.8 Å². The number of primary sulfonamides is 1. The number of esters is 1. The number of rotatable bonds is 5. The van der Waals surface area contributed by atoms with E-state index in [9.17, 15) is 18.0 Å². The van der Waals surface area contributed by atoms with E-state index in [1.54, 1.807) is 19.1 Å². The van der Waals surface area contributed by atoms with Gasteiger partial charge in [-0.1, -0.05) is 12.1 Å². The number of ether oxygens (including phenoxy) is 1. The standard InChI is InChI=1S/C17H19N3O5S/c1-10-4-3-5-14(15(10)18)17(22)25-11(2)16(21)20-12-6-8-13(9-7-12)26(19,23)24/h3-9,11H,18H2,1-2H3,(H,20,21)(H2,19,23,24)/t11-/m1/s1. The summed E-state index contributed by atoms with van der Waals surface area (Å²) in [4.78, 5) is 24.2. The normalized spacial score (nSPS) is 12.3. The maximum absolute atomic E-state index is 12.2. The fraction of sp³-hybridized carbons (Fsp3) is 0.176. The van der Waals surface area contributed by atoms with Gasteiger partial charge in [-0.3, -0.25) is 4.79 Å². The van der Waals surface area contributed by atoms with Gasteiger partial charge in [0.25, 0.3) is 5.91 Å². The predicted molar refractivity (Wildman–Crippen MR) is 96.9 cm³/mol. The second-order valence-corrected chi connectivity index (χ2v) is 7.20. The van der Waals surface area contributed by atoms with Crippen molar-refractivity contribution in [3.05, 3.63) is 53.6 Å². The number of nitrogen functional groups attached to an aromatic ring is 1. The molecule has 0 unspecified atom stereocenters. The molecular formula is C17H19N3O5S. The number of aryl methyl sites for hydroxylation is 1. The summed E-state index contributed by atoms with van der Waals surface area (Å²) in [5.74, 6) is -1.29. The molecule has 0 aliphatic rings. The van der Waals surface area contributed by atoms with E-state index in [0.717, 1.165) is 5.56 Å².